The standard InChI is InChI=1S/C19H17F3N2O3/c20-19(21,22)14-7-4-11(5-8-14)17(25)23-16-3-1-2-12-10-13(18(26)24-27)6-9-15(12)16/h4-10,16,27H,1-3H2,(H,23,25)(H,24,26). The highest BCUT2D eigenvalue weighted by Crippen LogP contribution is 2.31. The second-order valence-corrected chi connectivity index (χ2v) is 6.35. The number of halogens is 3. The summed E-state index contributed by atoms with van der Waals surface area (Å²) in [5.41, 5.74) is 2.97. The maximum atomic E-state index is 12.6. The van der Waals surface area contributed by atoms with Crippen LogP contribution in [0.2, 0.25) is 0 Å². The Morgan fingerprint density at radius 2 is 1.67 bits per heavy atom. The molecule has 142 valence electrons. The van der Waals surface area contributed by atoms with E-state index in [1.54, 1.807) is 23.7 Å². The molecular formula is C19H17F3N2O3. The van der Waals surface area contributed by atoms with Crippen molar-refractivity contribution in [3.63, 3.8) is 0 Å². The summed E-state index contributed by atoms with van der Waals surface area (Å²) in [5, 5.41) is 11.6. The quantitative estimate of drug-likeness (QED) is 0.564. The van der Waals surface area contributed by atoms with Gasteiger partial charge in [0.05, 0.1) is 11.6 Å². The molecule has 1 atom stereocenters. The molecule has 1 aliphatic rings. The first-order chi connectivity index (χ1) is 12.8. The molecule has 0 aliphatic heterocycles. The van der Waals surface area contributed by atoms with Crippen LogP contribution in [-0.4, -0.2) is 17.0 Å². The number of nitrogens with one attached hydrogen (secondary N) is 2. The normalized spacial score (nSPS) is 16.4. The number of hydrogen-bond donors (Lipinski definition) is 3. The minimum Gasteiger partial charge on any atom is -0.345 e. The fourth-order valence-electron chi connectivity index (χ4n) is 3.22. The summed E-state index contributed by atoms with van der Waals surface area (Å²) in [6, 6.07) is 8.69. The number of benzene rings is 2. The van der Waals surface area contributed by atoms with Gasteiger partial charge in [0.15, 0.2) is 0 Å². The van der Waals surface area contributed by atoms with E-state index in [0.29, 0.717) is 12.0 Å². The topological polar surface area (TPSA) is 78.4 Å². The van der Waals surface area contributed by atoms with Gasteiger partial charge >= 0.3 is 6.18 Å². The monoisotopic (exact) mass is 378 g/mol. The van der Waals surface area contributed by atoms with Crippen LogP contribution in [0.5, 0.6) is 0 Å². The molecule has 0 saturated heterocycles. The van der Waals surface area contributed by atoms with Gasteiger partial charge < -0.3 is 5.32 Å². The maximum Gasteiger partial charge on any atom is 0.416 e. The molecule has 2 amide bonds. The molecule has 0 bridgehead atoms. The lowest BCUT2D eigenvalue weighted by Gasteiger charge is -2.27. The predicted octanol–water partition coefficient (Wildman–Crippen LogP) is 3.63. The lowest BCUT2D eigenvalue weighted by atomic mass is 9.86. The fourth-order valence-corrected chi connectivity index (χ4v) is 3.22. The third kappa shape index (κ3) is 4.11. The number of carbonyl (C=O) groups is 2. The van der Waals surface area contributed by atoms with Crippen molar-refractivity contribution in [2.24, 2.45) is 0 Å². The molecule has 3 rings (SSSR count). The number of alkyl halides is 3. The first-order valence-corrected chi connectivity index (χ1v) is 8.35. The van der Waals surface area contributed by atoms with Crippen molar-refractivity contribution in [1.82, 2.24) is 10.8 Å². The van der Waals surface area contributed by atoms with Crippen LogP contribution >= 0.6 is 0 Å². The SMILES string of the molecule is O=C(NO)c1ccc2c(c1)CCCC2NC(=O)c1ccc(C(F)(F)F)cc1. The van der Waals surface area contributed by atoms with E-state index in [4.69, 9.17) is 5.21 Å². The molecule has 5 nitrogen and oxygen atoms in total. The summed E-state index contributed by atoms with van der Waals surface area (Å²) in [6.45, 7) is 0. The molecule has 2 aromatic carbocycles. The molecule has 0 aromatic heterocycles. The van der Waals surface area contributed by atoms with Crippen LogP contribution in [0.4, 0.5) is 13.2 Å². The van der Waals surface area contributed by atoms with Crippen LogP contribution in [0.15, 0.2) is 42.5 Å². The van der Waals surface area contributed by atoms with Gasteiger partial charge in [-0.05, 0) is 66.8 Å². The Hall–Kier alpha value is -2.87. The van der Waals surface area contributed by atoms with Crippen LogP contribution in [0.25, 0.3) is 0 Å². The summed E-state index contributed by atoms with van der Waals surface area (Å²) >= 11 is 0. The Kier molecular flexibility index (Phi) is 5.18. The molecule has 1 aliphatic carbocycles. The van der Waals surface area contributed by atoms with Crippen LogP contribution in [0.3, 0.4) is 0 Å². The van der Waals surface area contributed by atoms with Crippen LogP contribution < -0.4 is 10.8 Å². The second-order valence-electron chi connectivity index (χ2n) is 6.35. The van der Waals surface area contributed by atoms with Gasteiger partial charge in [-0.1, -0.05) is 6.07 Å². The van der Waals surface area contributed by atoms with Crippen molar-refractivity contribution >= 4 is 11.8 Å². The van der Waals surface area contributed by atoms with E-state index in [1.165, 1.54) is 0 Å². The molecule has 0 spiro atoms. The number of aryl methyl sites for hydroxylation is 1. The van der Waals surface area contributed by atoms with Gasteiger partial charge in [0, 0.05) is 11.1 Å². The zero-order valence-corrected chi connectivity index (χ0v) is 14.1. The number of amides is 2. The van der Waals surface area contributed by atoms with Crippen molar-refractivity contribution in [3.8, 4) is 0 Å². The van der Waals surface area contributed by atoms with Gasteiger partial charge in [0.1, 0.15) is 0 Å². The van der Waals surface area contributed by atoms with Gasteiger partial charge in [-0.2, -0.15) is 13.2 Å². The summed E-state index contributed by atoms with van der Waals surface area (Å²) in [4.78, 5) is 23.9. The third-order valence-electron chi connectivity index (χ3n) is 4.60. The number of fused-ring (bicyclic) bond motifs is 1. The first kappa shape index (κ1) is 18.9. The molecule has 0 radical (unpaired) electrons. The van der Waals surface area contributed by atoms with E-state index in [0.717, 1.165) is 48.2 Å². The smallest absolute Gasteiger partial charge is 0.345 e. The number of hydrogen-bond acceptors (Lipinski definition) is 3. The van der Waals surface area contributed by atoms with Gasteiger partial charge in [0.25, 0.3) is 11.8 Å². The third-order valence-corrected chi connectivity index (χ3v) is 4.60. The zero-order valence-electron chi connectivity index (χ0n) is 14.1. The lowest BCUT2D eigenvalue weighted by Crippen LogP contribution is -2.31. The second kappa shape index (κ2) is 7.40. The highest BCUT2D eigenvalue weighted by Gasteiger charge is 2.30. The summed E-state index contributed by atoms with van der Waals surface area (Å²) in [6.07, 6.45) is -2.25. The molecule has 8 heteroatoms. The molecule has 2 aromatic rings. The number of hydroxylamine groups is 1. The molecule has 1 unspecified atom stereocenters. The Morgan fingerprint density at radius 1 is 1.00 bits per heavy atom. The molecule has 0 saturated carbocycles. The minimum absolute atomic E-state index is 0.145. The minimum atomic E-state index is -4.45. The summed E-state index contributed by atoms with van der Waals surface area (Å²) < 4.78 is 37.9. The summed E-state index contributed by atoms with van der Waals surface area (Å²) in [5.74, 6) is -1.08. The Labute approximate surface area is 153 Å². The van der Waals surface area contributed by atoms with Crippen LogP contribution in [0, 0.1) is 0 Å². The van der Waals surface area contributed by atoms with Crippen molar-refractivity contribution in [2.45, 2.75) is 31.5 Å². The van der Waals surface area contributed by atoms with E-state index in [-0.39, 0.29) is 11.6 Å². The van der Waals surface area contributed by atoms with Crippen molar-refractivity contribution in [1.29, 1.82) is 0 Å². The molecule has 3 N–H and O–H groups in total. The average Bonchev–Trinajstić information content (AvgIpc) is 2.66. The van der Waals surface area contributed by atoms with Crippen molar-refractivity contribution < 1.29 is 28.0 Å². The van der Waals surface area contributed by atoms with Gasteiger partial charge in [-0.3, -0.25) is 14.8 Å². The summed E-state index contributed by atoms with van der Waals surface area (Å²) in [7, 11) is 0. The molecule has 0 fully saturated rings. The van der Waals surface area contributed by atoms with E-state index >= 15 is 0 Å². The van der Waals surface area contributed by atoms with E-state index in [9.17, 15) is 22.8 Å². The van der Waals surface area contributed by atoms with Crippen molar-refractivity contribution in [3.05, 3.63) is 70.3 Å². The van der Waals surface area contributed by atoms with E-state index in [2.05, 4.69) is 5.32 Å². The molecule has 0 heterocycles. The Balaban J connectivity index is 1.77. The van der Waals surface area contributed by atoms with Crippen molar-refractivity contribution in [2.75, 3.05) is 0 Å². The van der Waals surface area contributed by atoms with E-state index in [1.807, 2.05) is 0 Å². The highest BCUT2D eigenvalue weighted by molar-refractivity contribution is 5.95. The lowest BCUT2D eigenvalue weighted by molar-refractivity contribution is -0.137. The maximum absolute atomic E-state index is 12.6. The Bertz CT molecular complexity index is 863. The van der Waals surface area contributed by atoms with Crippen LogP contribution in [0.1, 0.15) is 56.3 Å². The average molecular weight is 378 g/mol. The number of carbonyl (C=O) groups excluding carboxylic acids is 2. The molecule has 27 heavy (non-hydrogen) atoms. The van der Waals surface area contributed by atoms with Crippen LogP contribution in [-0.2, 0) is 12.6 Å². The zero-order chi connectivity index (χ0) is 19.6. The number of rotatable bonds is 3. The molecular weight excluding hydrogens is 361 g/mol. The fraction of sp³-hybridized carbons (Fsp3) is 0.263. The predicted molar refractivity (Wildman–Crippen MR) is 90.3 cm³/mol. The van der Waals surface area contributed by atoms with Gasteiger partial charge in [0.2, 0.25) is 0 Å². The highest BCUT2D eigenvalue weighted by atomic mass is 19.4. The van der Waals surface area contributed by atoms with E-state index < -0.39 is 23.6 Å². The Morgan fingerprint density at radius 3 is 2.30 bits per heavy atom. The first-order valence-electron chi connectivity index (χ1n) is 8.35. The van der Waals surface area contributed by atoms with Gasteiger partial charge in [-0.25, -0.2) is 5.48 Å². The van der Waals surface area contributed by atoms with Gasteiger partial charge in [-0.15, -0.1) is 0 Å². The largest absolute Gasteiger partial charge is 0.416 e.